The van der Waals surface area contributed by atoms with Gasteiger partial charge < -0.3 is 5.73 Å². The fraction of sp³-hybridized carbons (Fsp3) is 0.417. The number of rotatable bonds is 2. The van der Waals surface area contributed by atoms with E-state index in [4.69, 9.17) is 5.73 Å². The first kappa shape index (κ1) is 8.76. The Bertz CT molecular complexity index is 257. The Morgan fingerprint density at radius 2 is 1.62 bits per heavy atom. The Hall–Kier alpha value is -0.820. The third kappa shape index (κ3) is 1.92. The van der Waals surface area contributed by atoms with Gasteiger partial charge in [-0.3, -0.25) is 0 Å². The lowest BCUT2D eigenvalue weighted by Gasteiger charge is -2.08. The van der Waals surface area contributed by atoms with Crippen molar-refractivity contribution in [1.29, 1.82) is 0 Å². The smallest absolute Gasteiger partial charge is 0.0178 e. The molecule has 69 valence electrons. The minimum atomic E-state index is 0.648. The van der Waals surface area contributed by atoms with Crippen LogP contribution in [0, 0.1) is 5.92 Å². The van der Waals surface area contributed by atoms with Crippen molar-refractivity contribution < 1.29 is 0 Å². The highest BCUT2D eigenvalue weighted by Gasteiger charge is 2.16. The molecule has 1 nitrogen and oxygen atoms in total. The third-order valence-electron chi connectivity index (χ3n) is 2.80. The van der Waals surface area contributed by atoms with Crippen LogP contribution < -0.4 is 5.73 Å². The zero-order valence-corrected chi connectivity index (χ0v) is 7.92. The van der Waals surface area contributed by atoms with Crippen molar-refractivity contribution in [3.63, 3.8) is 0 Å². The van der Waals surface area contributed by atoms with E-state index in [0.717, 1.165) is 0 Å². The zero-order chi connectivity index (χ0) is 9.10. The fourth-order valence-corrected chi connectivity index (χ4v) is 1.97. The summed E-state index contributed by atoms with van der Waals surface area (Å²) >= 11 is 0. The van der Waals surface area contributed by atoms with E-state index in [-0.39, 0.29) is 0 Å². The van der Waals surface area contributed by atoms with Gasteiger partial charge in [-0.15, -0.1) is 0 Å². The average Bonchev–Trinajstić information content (AvgIpc) is 2.71. The molecule has 13 heavy (non-hydrogen) atoms. The number of hydrogen-bond acceptors (Lipinski definition) is 1. The molecule has 0 atom stereocenters. The van der Waals surface area contributed by atoms with Crippen LogP contribution in [-0.4, -0.2) is 0 Å². The highest BCUT2D eigenvalue weighted by Crippen LogP contribution is 2.32. The van der Waals surface area contributed by atoms with Crippen molar-refractivity contribution >= 4 is 0 Å². The van der Waals surface area contributed by atoms with Crippen LogP contribution in [0.2, 0.25) is 0 Å². The van der Waals surface area contributed by atoms with E-state index in [1.165, 1.54) is 36.8 Å². The van der Waals surface area contributed by atoms with Crippen LogP contribution in [0.15, 0.2) is 24.3 Å². The van der Waals surface area contributed by atoms with Gasteiger partial charge in [-0.1, -0.05) is 37.1 Å². The number of nitrogens with two attached hydrogens (primary N) is 1. The summed E-state index contributed by atoms with van der Waals surface area (Å²) < 4.78 is 0. The monoisotopic (exact) mass is 174 g/mol. The summed E-state index contributed by atoms with van der Waals surface area (Å²) in [5, 5.41) is 0. The molecule has 1 radical (unpaired) electrons. The molecule has 0 unspecified atom stereocenters. The second-order valence-corrected chi connectivity index (χ2v) is 3.71. The summed E-state index contributed by atoms with van der Waals surface area (Å²) in [7, 11) is 0. The molecule has 1 aliphatic rings. The molecule has 1 fully saturated rings. The van der Waals surface area contributed by atoms with Crippen molar-refractivity contribution in [3.8, 4) is 0 Å². The Labute approximate surface area is 80.0 Å². The maximum absolute atomic E-state index is 5.55. The van der Waals surface area contributed by atoms with Crippen LogP contribution in [0.1, 0.15) is 36.8 Å². The summed E-state index contributed by atoms with van der Waals surface area (Å²) in [4.78, 5) is 0. The molecule has 1 aromatic rings. The maximum atomic E-state index is 5.55. The van der Waals surface area contributed by atoms with Crippen LogP contribution in [0.3, 0.4) is 0 Å². The number of hydrogen-bond donors (Lipinski definition) is 1. The summed E-state index contributed by atoms with van der Waals surface area (Å²) in [6.07, 6.45) is 5.33. The van der Waals surface area contributed by atoms with Gasteiger partial charge in [-0.25, -0.2) is 0 Å². The van der Waals surface area contributed by atoms with Crippen molar-refractivity contribution in [2.75, 3.05) is 0 Å². The summed E-state index contributed by atoms with van der Waals surface area (Å²) in [5.41, 5.74) is 8.20. The lowest BCUT2D eigenvalue weighted by molar-refractivity contribution is 0.886. The minimum Gasteiger partial charge on any atom is -0.326 e. The lowest BCUT2D eigenvalue weighted by atomic mass is 9.97. The summed E-state index contributed by atoms with van der Waals surface area (Å²) in [6, 6.07) is 8.70. The van der Waals surface area contributed by atoms with Crippen LogP contribution >= 0.6 is 0 Å². The van der Waals surface area contributed by atoms with Gasteiger partial charge in [-0.2, -0.15) is 0 Å². The van der Waals surface area contributed by atoms with Crippen LogP contribution in [0.25, 0.3) is 0 Å². The SMILES string of the molecule is NCc1ccc([C]2CCCC2)cc1. The quantitative estimate of drug-likeness (QED) is 0.733. The Balaban J connectivity index is 2.12. The average molecular weight is 174 g/mol. The molecule has 0 aliphatic heterocycles. The zero-order valence-electron chi connectivity index (χ0n) is 7.92. The van der Waals surface area contributed by atoms with E-state index in [1.807, 2.05) is 0 Å². The first-order valence-corrected chi connectivity index (χ1v) is 5.04. The molecule has 1 aromatic carbocycles. The Morgan fingerprint density at radius 1 is 1.00 bits per heavy atom. The summed E-state index contributed by atoms with van der Waals surface area (Å²) in [5.74, 6) is 1.63. The van der Waals surface area contributed by atoms with E-state index in [9.17, 15) is 0 Å². The van der Waals surface area contributed by atoms with Gasteiger partial charge in [0.25, 0.3) is 0 Å². The highest BCUT2D eigenvalue weighted by molar-refractivity contribution is 5.34. The van der Waals surface area contributed by atoms with Crippen molar-refractivity contribution in [1.82, 2.24) is 0 Å². The molecule has 0 amide bonds. The molecule has 1 heteroatoms. The fourth-order valence-electron chi connectivity index (χ4n) is 1.97. The van der Waals surface area contributed by atoms with Gasteiger partial charge >= 0.3 is 0 Å². The molecule has 2 rings (SSSR count). The predicted molar refractivity (Wildman–Crippen MR) is 55.1 cm³/mol. The van der Waals surface area contributed by atoms with Crippen LogP contribution in [0.4, 0.5) is 0 Å². The van der Waals surface area contributed by atoms with Gasteiger partial charge in [0, 0.05) is 12.5 Å². The van der Waals surface area contributed by atoms with E-state index >= 15 is 0 Å². The van der Waals surface area contributed by atoms with Gasteiger partial charge in [0.15, 0.2) is 0 Å². The Morgan fingerprint density at radius 3 is 2.15 bits per heavy atom. The van der Waals surface area contributed by atoms with E-state index < -0.39 is 0 Å². The molecular weight excluding hydrogens is 158 g/mol. The van der Waals surface area contributed by atoms with Gasteiger partial charge in [0.1, 0.15) is 0 Å². The van der Waals surface area contributed by atoms with E-state index in [2.05, 4.69) is 24.3 Å². The maximum Gasteiger partial charge on any atom is 0.0178 e. The molecule has 2 N–H and O–H groups in total. The second-order valence-electron chi connectivity index (χ2n) is 3.71. The molecular formula is C12H16N. The first-order chi connectivity index (χ1) is 6.40. The van der Waals surface area contributed by atoms with Crippen LogP contribution in [0.5, 0.6) is 0 Å². The van der Waals surface area contributed by atoms with Crippen LogP contribution in [-0.2, 0) is 6.54 Å². The number of benzene rings is 1. The van der Waals surface area contributed by atoms with Crippen molar-refractivity contribution in [3.05, 3.63) is 41.3 Å². The van der Waals surface area contributed by atoms with Gasteiger partial charge in [-0.05, 0) is 24.0 Å². The largest absolute Gasteiger partial charge is 0.326 e. The third-order valence-corrected chi connectivity index (χ3v) is 2.80. The highest BCUT2D eigenvalue weighted by atomic mass is 14.5. The first-order valence-electron chi connectivity index (χ1n) is 5.04. The Kier molecular flexibility index (Phi) is 2.65. The minimum absolute atomic E-state index is 0.648. The molecule has 1 aliphatic carbocycles. The van der Waals surface area contributed by atoms with Gasteiger partial charge in [0.2, 0.25) is 0 Å². The standard InChI is InChI=1S/C12H16N/c13-9-10-5-7-12(8-6-10)11-3-1-2-4-11/h5-8H,1-4,9,13H2. The molecule has 0 bridgehead atoms. The normalized spacial score (nSPS) is 17.9. The molecule has 1 saturated carbocycles. The summed E-state index contributed by atoms with van der Waals surface area (Å²) in [6.45, 7) is 0.648. The lowest BCUT2D eigenvalue weighted by Crippen LogP contribution is -1.97. The molecule has 0 saturated heterocycles. The van der Waals surface area contributed by atoms with Crippen molar-refractivity contribution in [2.45, 2.75) is 32.2 Å². The molecule has 0 spiro atoms. The molecule has 0 heterocycles. The van der Waals surface area contributed by atoms with Crippen molar-refractivity contribution in [2.24, 2.45) is 5.73 Å². The molecule has 0 aromatic heterocycles. The second kappa shape index (κ2) is 3.93. The topological polar surface area (TPSA) is 26.0 Å². The van der Waals surface area contributed by atoms with E-state index in [1.54, 1.807) is 5.92 Å². The van der Waals surface area contributed by atoms with E-state index in [0.29, 0.717) is 6.54 Å². The predicted octanol–water partition coefficient (Wildman–Crippen LogP) is 2.64. The van der Waals surface area contributed by atoms with Gasteiger partial charge in [0.05, 0.1) is 0 Å².